The van der Waals surface area contributed by atoms with Crippen LogP contribution >= 0.6 is 13.0 Å². The van der Waals surface area contributed by atoms with Gasteiger partial charge in [0.1, 0.15) is 0 Å². The minimum absolute atomic E-state index is 0.0546. The fourth-order valence-electron chi connectivity index (χ4n) is 1.63. The summed E-state index contributed by atoms with van der Waals surface area (Å²) in [7, 11) is 0. The third-order valence-electron chi connectivity index (χ3n) is 2.62. The zero-order chi connectivity index (χ0) is 16.4. The second-order valence-corrected chi connectivity index (χ2v) is 11.1. The van der Waals surface area contributed by atoms with Gasteiger partial charge in [-0.1, -0.05) is 0 Å². The van der Waals surface area contributed by atoms with Gasteiger partial charge in [-0.25, -0.2) is 25.8 Å². The van der Waals surface area contributed by atoms with E-state index in [1.807, 2.05) is 0 Å². The molecule has 18 heteroatoms. The minimum atomic E-state index is -2.94. The molecule has 1 aliphatic rings. The monoisotopic (exact) mass is 378 g/mol. The van der Waals surface area contributed by atoms with E-state index in [2.05, 4.69) is 25.8 Å². The summed E-state index contributed by atoms with van der Waals surface area (Å²) in [5.41, 5.74) is 17.8. The van der Waals surface area contributed by atoms with Gasteiger partial charge in [-0.15, -0.1) is 0 Å². The van der Waals surface area contributed by atoms with E-state index in [-0.39, 0.29) is 5.96 Å². The molecule has 1 heterocycles. The maximum absolute atomic E-state index is 6.13. The predicted molar refractivity (Wildman–Crippen MR) is 89.1 cm³/mol. The number of hydrogen-bond acceptors (Lipinski definition) is 10. The molecule has 2 atom stereocenters. The van der Waals surface area contributed by atoms with E-state index < -0.39 is 25.6 Å². The maximum atomic E-state index is 6.13. The summed E-state index contributed by atoms with van der Waals surface area (Å²) in [6.07, 6.45) is -2.03. The highest BCUT2D eigenvalue weighted by Crippen LogP contribution is 2.48. The summed E-state index contributed by atoms with van der Waals surface area (Å²) >= 11 is 10.6. The predicted octanol–water partition coefficient (Wildman–Crippen LogP) is -5.29. The lowest BCUT2D eigenvalue weighted by atomic mass is 10.6. The lowest BCUT2D eigenvalue weighted by molar-refractivity contribution is 0.177. The summed E-state index contributed by atoms with van der Waals surface area (Å²) < 4.78 is 2.59. The normalized spacial score (nSPS) is 25.0. The Labute approximate surface area is 131 Å². The van der Waals surface area contributed by atoms with Gasteiger partial charge in [-0.3, -0.25) is 39.5 Å². The van der Waals surface area contributed by atoms with E-state index in [4.69, 9.17) is 64.2 Å². The molecule has 0 fully saturated rings. The molecule has 2 unspecified atom stereocenters. The molecule has 1 aliphatic heterocycles. The zero-order valence-electron chi connectivity index (χ0n) is 10.7. The summed E-state index contributed by atoms with van der Waals surface area (Å²) in [5.74, 6) is 21.7. The Morgan fingerprint density at radius 2 is 1.38 bits per heavy atom. The highest BCUT2D eigenvalue weighted by atomic mass is 32.5. The summed E-state index contributed by atoms with van der Waals surface area (Å²) in [5, 5.41) is 9.48. The highest BCUT2D eigenvalue weighted by Gasteiger charge is 2.45. The SMILES string of the molecule is NNP(=S)(NN)N1C(N)=NC(N)N(P(=S)(NN)NN)C1N. The average molecular weight is 378 g/mol. The van der Waals surface area contributed by atoms with Gasteiger partial charge >= 0.3 is 0 Å². The molecular weight excluding hydrogens is 358 g/mol. The van der Waals surface area contributed by atoms with E-state index in [1.54, 1.807) is 0 Å². The van der Waals surface area contributed by atoms with Crippen molar-refractivity contribution in [2.24, 2.45) is 45.6 Å². The van der Waals surface area contributed by atoms with E-state index >= 15 is 0 Å². The van der Waals surface area contributed by atoms with Crippen molar-refractivity contribution in [1.29, 1.82) is 0 Å². The summed E-state index contributed by atoms with van der Waals surface area (Å²) in [6.45, 7) is -5.87. The number of guanidine groups is 1. The fraction of sp³-hybridized carbons (Fsp3) is 0.667. The van der Waals surface area contributed by atoms with Crippen LogP contribution in [0.2, 0.25) is 0 Å². The van der Waals surface area contributed by atoms with Crippen LogP contribution in [-0.4, -0.2) is 27.9 Å². The third-order valence-corrected chi connectivity index (χ3v) is 8.55. The molecule has 0 aromatic carbocycles. The van der Waals surface area contributed by atoms with E-state index in [1.165, 1.54) is 9.34 Å². The molecule has 0 aliphatic carbocycles. The van der Waals surface area contributed by atoms with Crippen LogP contribution in [0.4, 0.5) is 0 Å². The molecule has 0 aromatic rings. The number of hydrazine groups is 4. The molecule has 0 bridgehead atoms. The van der Waals surface area contributed by atoms with Crippen molar-refractivity contribution in [2.45, 2.75) is 12.6 Å². The molecule has 0 radical (unpaired) electrons. The van der Waals surface area contributed by atoms with Crippen LogP contribution in [0.5, 0.6) is 0 Å². The van der Waals surface area contributed by atoms with E-state index in [9.17, 15) is 0 Å². The van der Waals surface area contributed by atoms with Crippen molar-refractivity contribution in [3.05, 3.63) is 0 Å². The standard InChI is InChI=1S/C3H20N14P2S2/c4-1-11-2(5)17(19(21,14-9)15-10)3(6)16(1)18(20,12-7)13-8/h1,3H,4,6-10H2,(H2,5,11)(H2,12,13,20)(H2,14,15,21). The quantitative estimate of drug-likeness (QED) is 0.117. The van der Waals surface area contributed by atoms with Gasteiger partial charge < -0.3 is 5.73 Å². The van der Waals surface area contributed by atoms with Crippen LogP contribution in [0, 0.1) is 0 Å². The molecule has 18 N–H and O–H groups in total. The van der Waals surface area contributed by atoms with Crippen molar-refractivity contribution < 1.29 is 0 Å². The van der Waals surface area contributed by atoms with Crippen molar-refractivity contribution in [1.82, 2.24) is 30.1 Å². The minimum Gasteiger partial charge on any atom is -0.369 e. The lowest BCUT2D eigenvalue weighted by Gasteiger charge is -2.49. The molecule has 0 saturated heterocycles. The summed E-state index contributed by atoms with van der Waals surface area (Å²) in [4.78, 5) is 4.00. The zero-order valence-corrected chi connectivity index (χ0v) is 14.2. The van der Waals surface area contributed by atoms with Crippen molar-refractivity contribution >= 4 is 42.6 Å². The molecule has 0 amide bonds. The van der Waals surface area contributed by atoms with Gasteiger partial charge in [-0.05, 0) is 23.6 Å². The molecule has 0 aromatic heterocycles. The van der Waals surface area contributed by atoms with Crippen LogP contribution in [0.25, 0.3) is 0 Å². The smallest absolute Gasteiger partial charge is 0.202 e. The van der Waals surface area contributed by atoms with Gasteiger partial charge in [0.05, 0.1) is 0 Å². The molecule has 0 saturated carbocycles. The maximum Gasteiger partial charge on any atom is 0.202 e. The molecule has 14 nitrogen and oxygen atoms in total. The van der Waals surface area contributed by atoms with E-state index in [0.29, 0.717) is 0 Å². The van der Waals surface area contributed by atoms with Crippen molar-refractivity contribution in [3.8, 4) is 0 Å². The first-order valence-electron chi connectivity index (χ1n) is 5.25. The van der Waals surface area contributed by atoms with Crippen LogP contribution < -0.4 is 61.4 Å². The first kappa shape index (κ1) is 19.2. The number of nitrogens with two attached hydrogens (primary N) is 7. The Morgan fingerprint density at radius 3 is 1.76 bits per heavy atom. The van der Waals surface area contributed by atoms with Crippen LogP contribution in [0.3, 0.4) is 0 Å². The van der Waals surface area contributed by atoms with Crippen molar-refractivity contribution in [2.75, 3.05) is 0 Å². The Bertz CT molecular complexity index is 477. The fourth-order valence-corrected chi connectivity index (χ4v) is 5.11. The molecule has 0 spiro atoms. The molecular formula is C3H20N14P2S2. The number of nitrogens with one attached hydrogen (secondary N) is 4. The van der Waals surface area contributed by atoms with Gasteiger partial charge in [-0.2, -0.15) is 4.67 Å². The highest BCUT2D eigenvalue weighted by molar-refractivity contribution is 8.12. The van der Waals surface area contributed by atoms with Crippen LogP contribution in [0.15, 0.2) is 4.99 Å². The average Bonchev–Trinajstić information content (AvgIpc) is 2.45. The Kier molecular flexibility index (Phi) is 6.52. The molecule has 1 rings (SSSR count). The van der Waals surface area contributed by atoms with Gasteiger partial charge in [0, 0.05) is 0 Å². The van der Waals surface area contributed by atoms with Crippen LogP contribution in [-0.2, 0) is 23.6 Å². The molecule has 21 heavy (non-hydrogen) atoms. The Morgan fingerprint density at radius 1 is 0.952 bits per heavy atom. The number of hydrogen-bond donors (Lipinski definition) is 11. The third kappa shape index (κ3) is 3.40. The topological polar surface area (TPSA) is 249 Å². The second kappa shape index (κ2) is 7.14. The van der Waals surface area contributed by atoms with Gasteiger partial charge in [0.15, 0.2) is 25.6 Å². The first-order valence-corrected chi connectivity index (χ1v) is 10.8. The van der Waals surface area contributed by atoms with Crippen molar-refractivity contribution in [3.63, 3.8) is 0 Å². The number of rotatable bonds is 6. The first-order chi connectivity index (χ1) is 9.70. The number of aliphatic imine (C=N–C) groups is 1. The van der Waals surface area contributed by atoms with E-state index in [0.717, 1.165) is 0 Å². The number of nitrogens with zero attached hydrogens (tertiary/aromatic N) is 3. The Balaban J connectivity index is 3.36. The second-order valence-electron chi connectivity index (χ2n) is 3.71. The summed E-state index contributed by atoms with van der Waals surface area (Å²) in [6, 6.07) is 0. The lowest BCUT2D eigenvalue weighted by Crippen LogP contribution is -2.68. The van der Waals surface area contributed by atoms with Gasteiger partial charge in [0.25, 0.3) is 0 Å². The van der Waals surface area contributed by atoms with Gasteiger partial charge in [0.2, 0.25) is 5.96 Å². The molecule has 124 valence electrons. The van der Waals surface area contributed by atoms with Crippen LogP contribution in [0.1, 0.15) is 0 Å². The Hall–Kier alpha value is 0.130. The largest absolute Gasteiger partial charge is 0.369 e.